The van der Waals surface area contributed by atoms with E-state index in [-0.39, 0.29) is 0 Å². The summed E-state index contributed by atoms with van der Waals surface area (Å²) in [6.07, 6.45) is 4.02. The summed E-state index contributed by atoms with van der Waals surface area (Å²) in [5.74, 6) is 2.84. The van der Waals surface area contributed by atoms with Gasteiger partial charge in [-0.3, -0.25) is 0 Å². The van der Waals surface area contributed by atoms with Crippen LogP contribution in [0.4, 0.5) is 11.6 Å². The first-order valence-electron chi connectivity index (χ1n) is 6.02. The highest BCUT2D eigenvalue weighted by molar-refractivity contribution is 5.46. The molecule has 17 heavy (non-hydrogen) atoms. The summed E-state index contributed by atoms with van der Waals surface area (Å²) in [7, 11) is 3.68. The highest BCUT2D eigenvalue weighted by Gasteiger charge is 2.20. The van der Waals surface area contributed by atoms with E-state index in [0.29, 0.717) is 18.2 Å². The number of nitrogens with two attached hydrogens (primary N) is 1. The topological polar surface area (TPSA) is 64.3 Å². The van der Waals surface area contributed by atoms with E-state index in [2.05, 4.69) is 21.9 Å². The monoisotopic (exact) mass is 236 g/mol. The van der Waals surface area contributed by atoms with Crippen molar-refractivity contribution < 1.29 is 4.74 Å². The summed E-state index contributed by atoms with van der Waals surface area (Å²) in [5.41, 5.74) is 5.77. The second-order valence-corrected chi connectivity index (χ2v) is 4.68. The zero-order chi connectivity index (χ0) is 12.3. The Bertz CT molecular complexity index is 379. The Hall–Kier alpha value is -1.36. The van der Waals surface area contributed by atoms with E-state index in [4.69, 9.17) is 10.5 Å². The minimum absolute atomic E-state index is 0.398. The van der Waals surface area contributed by atoms with Crippen molar-refractivity contribution in [1.29, 1.82) is 0 Å². The zero-order valence-corrected chi connectivity index (χ0v) is 10.5. The Labute approximate surface area is 102 Å². The number of methoxy groups -OCH3 is 1. The first-order chi connectivity index (χ1) is 8.19. The largest absolute Gasteiger partial charge is 0.384 e. The lowest BCUT2D eigenvalue weighted by Gasteiger charge is -2.30. The molecule has 0 atom stereocenters. The van der Waals surface area contributed by atoms with Crippen molar-refractivity contribution in [3.8, 4) is 0 Å². The Morgan fingerprint density at radius 3 is 2.82 bits per heavy atom. The van der Waals surface area contributed by atoms with Crippen LogP contribution in [0.15, 0.2) is 6.07 Å². The number of hydrogen-bond acceptors (Lipinski definition) is 5. The molecule has 1 aliphatic carbocycles. The van der Waals surface area contributed by atoms with Crippen LogP contribution in [-0.2, 0) is 11.3 Å². The molecule has 0 unspecified atom stereocenters. The van der Waals surface area contributed by atoms with E-state index in [1.165, 1.54) is 19.3 Å². The molecule has 0 amide bonds. The van der Waals surface area contributed by atoms with Gasteiger partial charge in [-0.15, -0.1) is 0 Å². The molecule has 5 nitrogen and oxygen atoms in total. The minimum Gasteiger partial charge on any atom is -0.384 e. The molecule has 1 aromatic heterocycles. The summed E-state index contributed by atoms with van der Waals surface area (Å²) >= 11 is 0. The van der Waals surface area contributed by atoms with Crippen LogP contribution in [0.2, 0.25) is 0 Å². The van der Waals surface area contributed by atoms with E-state index >= 15 is 0 Å². The van der Waals surface area contributed by atoms with E-state index < -0.39 is 0 Å². The molecule has 2 N–H and O–H groups in total. The smallest absolute Gasteiger partial charge is 0.158 e. The van der Waals surface area contributed by atoms with Crippen molar-refractivity contribution in [1.82, 2.24) is 9.97 Å². The number of nitrogen functional groups attached to an aromatic ring is 1. The van der Waals surface area contributed by atoms with Crippen molar-refractivity contribution >= 4 is 11.6 Å². The molecule has 1 aliphatic rings. The standard InChI is InChI=1S/C12H20N4O/c1-16(7-9-4-3-5-9)12-6-10(13)14-11(15-12)8-17-2/h6,9H,3-5,7-8H2,1-2H3,(H2,13,14,15). The van der Waals surface area contributed by atoms with Gasteiger partial charge in [-0.2, -0.15) is 0 Å². The maximum atomic E-state index is 5.77. The van der Waals surface area contributed by atoms with E-state index in [9.17, 15) is 0 Å². The quantitative estimate of drug-likeness (QED) is 0.838. The van der Waals surface area contributed by atoms with Gasteiger partial charge in [0.05, 0.1) is 0 Å². The summed E-state index contributed by atoms with van der Waals surface area (Å²) in [6.45, 7) is 1.44. The average molecular weight is 236 g/mol. The third kappa shape index (κ3) is 3.06. The van der Waals surface area contributed by atoms with Gasteiger partial charge in [-0.1, -0.05) is 6.42 Å². The molecule has 1 heterocycles. The second-order valence-electron chi connectivity index (χ2n) is 4.68. The van der Waals surface area contributed by atoms with Gasteiger partial charge in [0.15, 0.2) is 5.82 Å². The summed E-state index contributed by atoms with van der Waals surface area (Å²) < 4.78 is 5.03. The summed E-state index contributed by atoms with van der Waals surface area (Å²) in [5, 5.41) is 0. The van der Waals surface area contributed by atoms with Crippen molar-refractivity contribution in [2.75, 3.05) is 31.3 Å². The van der Waals surface area contributed by atoms with Crippen LogP contribution in [0.5, 0.6) is 0 Å². The van der Waals surface area contributed by atoms with Crippen LogP contribution >= 0.6 is 0 Å². The average Bonchev–Trinajstić information content (AvgIpc) is 2.23. The molecule has 0 bridgehead atoms. The molecule has 0 spiro atoms. The van der Waals surface area contributed by atoms with Crippen molar-refractivity contribution in [2.24, 2.45) is 5.92 Å². The lowest BCUT2D eigenvalue weighted by molar-refractivity contribution is 0.178. The summed E-state index contributed by atoms with van der Waals surface area (Å²) in [4.78, 5) is 10.7. The van der Waals surface area contributed by atoms with Gasteiger partial charge < -0.3 is 15.4 Å². The second kappa shape index (κ2) is 5.31. The predicted molar refractivity (Wildman–Crippen MR) is 67.8 cm³/mol. The Kier molecular flexibility index (Phi) is 3.78. The molecule has 94 valence electrons. The Morgan fingerprint density at radius 2 is 2.24 bits per heavy atom. The maximum absolute atomic E-state index is 5.77. The first kappa shape index (κ1) is 12.1. The molecule has 0 radical (unpaired) electrons. The summed E-state index contributed by atoms with van der Waals surface area (Å²) in [6, 6.07) is 1.82. The third-order valence-electron chi connectivity index (χ3n) is 3.20. The van der Waals surface area contributed by atoms with Crippen molar-refractivity contribution in [3.63, 3.8) is 0 Å². The van der Waals surface area contributed by atoms with Gasteiger partial charge in [0.25, 0.3) is 0 Å². The number of nitrogens with zero attached hydrogens (tertiary/aromatic N) is 3. The lowest BCUT2D eigenvalue weighted by Crippen LogP contribution is -2.30. The molecule has 5 heteroatoms. The fourth-order valence-electron chi connectivity index (χ4n) is 2.05. The number of ether oxygens (including phenoxy) is 1. The molecule has 0 saturated heterocycles. The van der Waals surface area contributed by atoms with E-state index in [1.807, 2.05) is 6.07 Å². The molecule has 2 rings (SSSR count). The number of aromatic nitrogens is 2. The number of hydrogen-bond donors (Lipinski definition) is 1. The molecule has 1 fully saturated rings. The third-order valence-corrected chi connectivity index (χ3v) is 3.20. The van der Waals surface area contributed by atoms with E-state index in [1.54, 1.807) is 7.11 Å². The SMILES string of the molecule is COCc1nc(N)cc(N(C)CC2CCC2)n1. The van der Waals surface area contributed by atoms with Crippen molar-refractivity contribution in [3.05, 3.63) is 11.9 Å². The predicted octanol–water partition coefficient (Wildman–Crippen LogP) is 1.44. The van der Waals surface area contributed by atoms with Gasteiger partial charge in [0.1, 0.15) is 18.2 Å². The molecule has 0 aliphatic heterocycles. The lowest BCUT2D eigenvalue weighted by atomic mass is 9.85. The minimum atomic E-state index is 0.398. The van der Waals surface area contributed by atoms with Crippen LogP contribution in [0.25, 0.3) is 0 Å². The fourth-order valence-corrected chi connectivity index (χ4v) is 2.05. The van der Waals surface area contributed by atoms with Crippen LogP contribution in [0.1, 0.15) is 25.1 Å². The molecular formula is C12H20N4O. The maximum Gasteiger partial charge on any atom is 0.158 e. The van der Waals surface area contributed by atoms with Crippen LogP contribution in [-0.4, -0.2) is 30.7 Å². The number of rotatable bonds is 5. The molecule has 0 aromatic carbocycles. The zero-order valence-electron chi connectivity index (χ0n) is 10.5. The molecule has 1 aromatic rings. The molecule has 1 saturated carbocycles. The van der Waals surface area contributed by atoms with Gasteiger partial charge >= 0.3 is 0 Å². The van der Waals surface area contributed by atoms with Gasteiger partial charge in [0, 0.05) is 26.8 Å². The van der Waals surface area contributed by atoms with Gasteiger partial charge in [-0.25, -0.2) is 9.97 Å². The molecular weight excluding hydrogens is 216 g/mol. The first-order valence-corrected chi connectivity index (χ1v) is 6.02. The Morgan fingerprint density at radius 1 is 1.47 bits per heavy atom. The Balaban J connectivity index is 2.06. The van der Waals surface area contributed by atoms with Crippen LogP contribution in [0, 0.1) is 5.92 Å². The van der Waals surface area contributed by atoms with Gasteiger partial charge in [-0.05, 0) is 18.8 Å². The normalized spacial score (nSPS) is 15.6. The number of anilines is 2. The fraction of sp³-hybridized carbons (Fsp3) is 0.667. The van der Waals surface area contributed by atoms with Crippen LogP contribution < -0.4 is 10.6 Å². The van der Waals surface area contributed by atoms with Crippen LogP contribution in [0.3, 0.4) is 0 Å². The van der Waals surface area contributed by atoms with Crippen molar-refractivity contribution in [2.45, 2.75) is 25.9 Å². The highest BCUT2D eigenvalue weighted by Crippen LogP contribution is 2.28. The van der Waals surface area contributed by atoms with Gasteiger partial charge in [0.2, 0.25) is 0 Å². The van der Waals surface area contributed by atoms with E-state index in [0.717, 1.165) is 18.3 Å². The highest BCUT2D eigenvalue weighted by atomic mass is 16.5.